The van der Waals surface area contributed by atoms with Crippen molar-refractivity contribution >= 4 is 40.1 Å². The summed E-state index contributed by atoms with van der Waals surface area (Å²) in [5, 5.41) is 0.587. The highest BCUT2D eigenvalue weighted by atomic mass is 79.9. The molecule has 0 saturated heterocycles. The summed E-state index contributed by atoms with van der Waals surface area (Å²) in [4.78, 5) is 12.2. The van der Waals surface area contributed by atoms with Gasteiger partial charge in [-0.1, -0.05) is 34.1 Å². The second kappa shape index (κ2) is 6.76. The number of hydrogen-bond donors (Lipinski definition) is 1. The first-order chi connectivity index (χ1) is 7.69. The van der Waals surface area contributed by atoms with Gasteiger partial charge in [-0.05, 0) is 24.1 Å². The Kier molecular flexibility index (Phi) is 5.63. The molecule has 2 nitrogen and oxygen atoms in total. The molecule has 0 aliphatic carbocycles. The van der Waals surface area contributed by atoms with Crippen molar-refractivity contribution in [3.63, 3.8) is 0 Å². The minimum atomic E-state index is -0.325. The molecular formula is C12H13BrO2S. The number of alkyl halides is 1. The first-order valence-electron chi connectivity index (χ1n) is 4.90. The van der Waals surface area contributed by atoms with Crippen LogP contribution >= 0.6 is 28.6 Å². The quantitative estimate of drug-likeness (QED) is 0.400. The number of allylic oxidation sites excluding steroid dienone is 1. The van der Waals surface area contributed by atoms with Gasteiger partial charge in [-0.2, -0.15) is 0 Å². The van der Waals surface area contributed by atoms with Crippen molar-refractivity contribution < 1.29 is 9.53 Å². The lowest BCUT2D eigenvalue weighted by Gasteiger charge is -2.07. The summed E-state index contributed by atoms with van der Waals surface area (Å²) in [7, 11) is 0. The molecule has 4 heteroatoms. The maximum atomic E-state index is 11.4. The van der Waals surface area contributed by atoms with Crippen molar-refractivity contribution in [1.82, 2.24) is 0 Å². The molecule has 1 rings (SSSR count). The number of esters is 1. The van der Waals surface area contributed by atoms with Gasteiger partial charge in [0.1, 0.15) is 0 Å². The Hall–Kier alpha value is -0.740. The van der Waals surface area contributed by atoms with E-state index in [1.54, 1.807) is 6.92 Å². The van der Waals surface area contributed by atoms with Gasteiger partial charge in [0.05, 0.1) is 6.61 Å². The van der Waals surface area contributed by atoms with Gasteiger partial charge in [0, 0.05) is 16.3 Å². The summed E-state index contributed by atoms with van der Waals surface area (Å²) in [6.07, 6.45) is 1.49. The molecule has 0 spiro atoms. The Labute approximate surface area is 109 Å². The smallest absolute Gasteiger partial charge is 0.331 e. The van der Waals surface area contributed by atoms with Crippen LogP contribution in [-0.4, -0.2) is 17.9 Å². The van der Waals surface area contributed by atoms with Crippen molar-refractivity contribution in [2.45, 2.75) is 11.8 Å². The zero-order chi connectivity index (χ0) is 12.0. The molecule has 1 aromatic carbocycles. The SMILES string of the molecule is CCOC(=O)C=C(CBr)c1ccccc1S. The highest BCUT2D eigenvalue weighted by Gasteiger charge is 2.06. The average molecular weight is 301 g/mol. The van der Waals surface area contributed by atoms with Crippen molar-refractivity contribution in [2.24, 2.45) is 0 Å². The van der Waals surface area contributed by atoms with E-state index in [9.17, 15) is 4.79 Å². The van der Waals surface area contributed by atoms with Gasteiger partial charge in [-0.25, -0.2) is 4.79 Å². The average Bonchev–Trinajstić information content (AvgIpc) is 2.27. The second-order valence-electron chi connectivity index (χ2n) is 3.07. The van der Waals surface area contributed by atoms with Crippen molar-refractivity contribution in [3.05, 3.63) is 35.9 Å². The first kappa shape index (κ1) is 13.3. The molecule has 0 radical (unpaired) electrons. The Morgan fingerprint density at radius 1 is 1.50 bits per heavy atom. The Morgan fingerprint density at radius 2 is 2.19 bits per heavy atom. The number of carbonyl (C=O) groups excluding carboxylic acids is 1. The molecule has 0 saturated carbocycles. The second-order valence-corrected chi connectivity index (χ2v) is 4.11. The summed E-state index contributed by atoms with van der Waals surface area (Å²) in [5.41, 5.74) is 1.81. The Balaban J connectivity index is 2.99. The Bertz CT molecular complexity index is 402. The molecule has 0 aliphatic rings. The molecule has 0 N–H and O–H groups in total. The van der Waals surface area contributed by atoms with Crippen molar-refractivity contribution in [2.75, 3.05) is 11.9 Å². The van der Waals surface area contributed by atoms with E-state index in [1.807, 2.05) is 24.3 Å². The summed E-state index contributed by atoms with van der Waals surface area (Å²) < 4.78 is 4.87. The number of carbonyl (C=O) groups is 1. The van der Waals surface area contributed by atoms with E-state index >= 15 is 0 Å². The van der Waals surface area contributed by atoms with E-state index in [2.05, 4.69) is 28.6 Å². The maximum absolute atomic E-state index is 11.4. The lowest BCUT2D eigenvalue weighted by atomic mass is 10.1. The van der Waals surface area contributed by atoms with Gasteiger partial charge in [-0.15, -0.1) is 12.6 Å². The molecule has 0 bridgehead atoms. The van der Waals surface area contributed by atoms with Crippen molar-refractivity contribution in [3.8, 4) is 0 Å². The van der Waals surface area contributed by atoms with Gasteiger partial charge in [0.15, 0.2) is 0 Å². The van der Waals surface area contributed by atoms with Crippen LogP contribution in [0.3, 0.4) is 0 Å². The molecule has 0 amide bonds. The van der Waals surface area contributed by atoms with Gasteiger partial charge >= 0.3 is 5.97 Å². The third-order valence-electron chi connectivity index (χ3n) is 1.97. The maximum Gasteiger partial charge on any atom is 0.331 e. The fourth-order valence-corrected chi connectivity index (χ4v) is 2.03. The van der Waals surface area contributed by atoms with Crippen LogP contribution in [0.4, 0.5) is 0 Å². The molecule has 0 heterocycles. The highest BCUT2D eigenvalue weighted by Crippen LogP contribution is 2.23. The van der Waals surface area contributed by atoms with Crippen LogP contribution in [0.2, 0.25) is 0 Å². The predicted molar refractivity (Wildman–Crippen MR) is 72.1 cm³/mol. The highest BCUT2D eigenvalue weighted by molar-refractivity contribution is 9.09. The molecular weight excluding hydrogens is 288 g/mol. The van der Waals surface area contributed by atoms with Crippen molar-refractivity contribution in [1.29, 1.82) is 0 Å². The molecule has 1 aromatic rings. The van der Waals surface area contributed by atoms with Crippen LogP contribution in [0, 0.1) is 0 Å². The molecule has 0 aromatic heterocycles. The van der Waals surface area contributed by atoms with Gasteiger partial charge < -0.3 is 4.74 Å². The fraction of sp³-hybridized carbons (Fsp3) is 0.250. The van der Waals surface area contributed by atoms with Gasteiger partial charge in [0.25, 0.3) is 0 Å². The van der Waals surface area contributed by atoms with Crippen LogP contribution in [0.15, 0.2) is 35.2 Å². The third-order valence-corrected chi connectivity index (χ3v) is 2.97. The van der Waals surface area contributed by atoms with Crippen LogP contribution in [0.1, 0.15) is 12.5 Å². The van der Waals surface area contributed by atoms with E-state index in [4.69, 9.17) is 4.74 Å². The summed E-state index contributed by atoms with van der Waals surface area (Å²) in [6, 6.07) is 7.63. The number of rotatable bonds is 4. The molecule has 16 heavy (non-hydrogen) atoms. The van der Waals surface area contributed by atoms with Gasteiger partial charge in [0.2, 0.25) is 0 Å². The summed E-state index contributed by atoms with van der Waals surface area (Å²) in [6.45, 7) is 2.17. The van der Waals surface area contributed by atoms with E-state index in [0.29, 0.717) is 11.9 Å². The van der Waals surface area contributed by atoms with Crippen LogP contribution in [0.25, 0.3) is 5.57 Å². The number of thiol groups is 1. The first-order valence-corrected chi connectivity index (χ1v) is 6.47. The fourth-order valence-electron chi connectivity index (χ4n) is 1.26. The zero-order valence-corrected chi connectivity index (χ0v) is 11.4. The van der Waals surface area contributed by atoms with Crippen LogP contribution in [0.5, 0.6) is 0 Å². The lowest BCUT2D eigenvalue weighted by molar-refractivity contribution is -0.137. The molecule has 0 atom stereocenters. The standard InChI is InChI=1S/C12H13BrO2S/c1-2-15-12(14)7-9(8-13)10-5-3-4-6-11(10)16/h3-7,16H,2,8H2,1H3. The summed E-state index contributed by atoms with van der Waals surface area (Å²) in [5.74, 6) is -0.325. The molecule has 0 unspecified atom stereocenters. The predicted octanol–water partition coefficient (Wildman–Crippen LogP) is 3.32. The van der Waals surface area contributed by atoms with E-state index in [-0.39, 0.29) is 5.97 Å². The van der Waals surface area contributed by atoms with E-state index < -0.39 is 0 Å². The number of hydrogen-bond acceptors (Lipinski definition) is 3. The monoisotopic (exact) mass is 300 g/mol. The topological polar surface area (TPSA) is 26.3 Å². The van der Waals surface area contributed by atoms with Crippen LogP contribution in [-0.2, 0) is 9.53 Å². The minimum Gasteiger partial charge on any atom is -0.463 e. The largest absolute Gasteiger partial charge is 0.463 e. The third kappa shape index (κ3) is 3.68. The van der Waals surface area contributed by atoms with Gasteiger partial charge in [-0.3, -0.25) is 0 Å². The normalized spacial score (nSPS) is 11.3. The summed E-state index contributed by atoms with van der Waals surface area (Å²) >= 11 is 7.71. The minimum absolute atomic E-state index is 0.325. The zero-order valence-electron chi connectivity index (χ0n) is 8.94. The molecule has 0 fully saturated rings. The molecule has 86 valence electrons. The number of benzene rings is 1. The van der Waals surface area contributed by atoms with E-state index in [1.165, 1.54) is 6.08 Å². The van der Waals surface area contributed by atoms with Crippen LogP contribution < -0.4 is 0 Å². The lowest BCUT2D eigenvalue weighted by Crippen LogP contribution is -2.01. The number of ether oxygens (including phenoxy) is 1. The number of halogens is 1. The molecule has 0 aliphatic heterocycles. The van der Waals surface area contributed by atoms with E-state index in [0.717, 1.165) is 16.0 Å². The Morgan fingerprint density at radius 3 is 2.75 bits per heavy atom.